The van der Waals surface area contributed by atoms with Gasteiger partial charge in [0.05, 0.1) is 0 Å². The largest absolute Gasteiger partial charge is 0.465 e. The molecule has 68 valence electrons. The van der Waals surface area contributed by atoms with Gasteiger partial charge in [-0.1, -0.05) is 5.92 Å². The predicted molar refractivity (Wildman–Crippen MR) is 39.0 cm³/mol. The van der Waals surface area contributed by atoms with Crippen molar-refractivity contribution in [2.75, 3.05) is 0 Å². The zero-order valence-corrected chi connectivity index (χ0v) is 6.47. The first kappa shape index (κ1) is 10.7. The minimum absolute atomic E-state index is 0.685. The molecule has 1 atom stereocenters. The number of rotatable bonds is 3. The molecule has 0 radical (unpaired) electrons. The van der Waals surface area contributed by atoms with E-state index in [9.17, 15) is 13.6 Å². The molecule has 0 aliphatic heterocycles. The van der Waals surface area contributed by atoms with E-state index in [4.69, 9.17) is 11.5 Å². The molecule has 3 nitrogen and oxygen atoms in total. The fourth-order valence-corrected chi connectivity index (χ4v) is 0.691. The minimum Gasteiger partial charge on any atom is -0.465 e. The highest BCUT2D eigenvalue weighted by atomic mass is 19.3. The van der Waals surface area contributed by atoms with Gasteiger partial charge in [0.2, 0.25) is 6.43 Å². The first-order chi connectivity index (χ1) is 5.39. The summed E-state index contributed by atoms with van der Waals surface area (Å²) < 4.78 is 23.7. The molecule has 12 heavy (non-hydrogen) atoms. The van der Waals surface area contributed by atoms with Crippen molar-refractivity contribution in [3.05, 3.63) is 0 Å². The van der Waals surface area contributed by atoms with Gasteiger partial charge in [0.1, 0.15) is 5.54 Å². The van der Waals surface area contributed by atoms with Crippen molar-refractivity contribution in [1.29, 1.82) is 0 Å². The van der Waals surface area contributed by atoms with E-state index in [0.717, 1.165) is 0 Å². The molecule has 0 fully saturated rings. The molecular weight excluding hydrogens is 168 g/mol. The van der Waals surface area contributed by atoms with Gasteiger partial charge in [-0.05, 0) is 6.92 Å². The summed E-state index contributed by atoms with van der Waals surface area (Å²) in [5.41, 5.74) is -1.49. The molecule has 0 aromatic rings. The van der Waals surface area contributed by atoms with Gasteiger partial charge in [-0.15, -0.1) is 6.42 Å². The van der Waals surface area contributed by atoms with Crippen molar-refractivity contribution in [2.24, 2.45) is 0 Å². The molecule has 0 saturated carbocycles. The third-order valence-corrected chi connectivity index (χ3v) is 1.26. The number of carbonyl (C=O) groups is 1. The Hall–Kier alpha value is -1.31. The van der Waals surface area contributed by atoms with E-state index in [2.05, 4.69) is 0 Å². The van der Waals surface area contributed by atoms with Crippen LogP contribution >= 0.6 is 0 Å². The van der Waals surface area contributed by atoms with Crippen LogP contribution in [0.15, 0.2) is 0 Å². The summed E-state index contributed by atoms with van der Waals surface area (Å²) in [5.74, 6) is 1.97. The zero-order valence-electron chi connectivity index (χ0n) is 6.47. The summed E-state index contributed by atoms with van der Waals surface area (Å²) in [7, 11) is 0. The van der Waals surface area contributed by atoms with E-state index < -0.39 is 24.5 Å². The van der Waals surface area contributed by atoms with Gasteiger partial charge in [0.25, 0.3) is 0 Å². The summed E-state index contributed by atoms with van der Waals surface area (Å²) in [4.78, 5) is 10.1. The highest BCUT2D eigenvalue weighted by molar-refractivity contribution is 5.66. The second-order valence-corrected chi connectivity index (χ2v) is 2.50. The molecule has 0 heterocycles. The quantitative estimate of drug-likeness (QED) is 0.638. The van der Waals surface area contributed by atoms with Gasteiger partial charge in [0.15, 0.2) is 0 Å². The van der Waals surface area contributed by atoms with Gasteiger partial charge >= 0.3 is 6.09 Å². The van der Waals surface area contributed by atoms with Crippen molar-refractivity contribution in [2.45, 2.75) is 25.3 Å². The second kappa shape index (κ2) is 3.90. The molecular formula is C7H9F2NO2. The number of hydrogen-bond acceptors (Lipinski definition) is 1. The molecule has 5 heteroatoms. The number of terminal acetylenes is 1. The van der Waals surface area contributed by atoms with Crippen LogP contribution in [-0.4, -0.2) is 23.2 Å². The zero-order chi connectivity index (χ0) is 9.78. The van der Waals surface area contributed by atoms with Crippen LogP contribution in [-0.2, 0) is 0 Å². The molecule has 0 spiro atoms. The lowest BCUT2D eigenvalue weighted by molar-refractivity contribution is 0.110. The van der Waals surface area contributed by atoms with Crippen molar-refractivity contribution >= 4 is 6.09 Å². The Morgan fingerprint density at radius 1 is 1.83 bits per heavy atom. The fourth-order valence-electron chi connectivity index (χ4n) is 0.691. The van der Waals surface area contributed by atoms with Crippen LogP contribution in [0.1, 0.15) is 13.3 Å². The maximum absolute atomic E-state index is 11.8. The first-order valence-electron chi connectivity index (χ1n) is 3.16. The van der Waals surface area contributed by atoms with Crippen LogP contribution in [0.2, 0.25) is 0 Å². The highest BCUT2D eigenvalue weighted by Crippen LogP contribution is 2.14. The Morgan fingerprint density at radius 2 is 2.33 bits per heavy atom. The molecule has 0 aliphatic rings. The van der Waals surface area contributed by atoms with Gasteiger partial charge in [-0.2, -0.15) is 0 Å². The van der Waals surface area contributed by atoms with Crippen LogP contribution in [0, 0.1) is 12.3 Å². The third kappa shape index (κ3) is 3.76. The molecule has 1 unspecified atom stereocenters. The Kier molecular flexibility index (Phi) is 3.48. The predicted octanol–water partition coefficient (Wildman–Crippen LogP) is 1.30. The summed E-state index contributed by atoms with van der Waals surface area (Å²) in [6, 6.07) is 0. The van der Waals surface area contributed by atoms with Gasteiger partial charge < -0.3 is 10.4 Å². The number of hydrogen-bond donors (Lipinski definition) is 2. The molecule has 0 saturated heterocycles. The summed E-state index contributed by atoms with van der Waals surface area (Å²) in [5, 5.41) is 10.1. The van der Waals surface area contributed by atoms with E-state index in [1.165, 1.54) is 6.92 Å². The normalized spacial score (nSPS) is 14.9. The third-order valence-electron chi connectivity index (χ3n) is 1.26. The topological polar surface area (TPSA) is 49.3 Å². The minimum atomic E-state index is -2.63. The van der Waals surface area contributed by atoms with Crippen molar-refractivity contribution in [3.8, 4) is 12.3 Å². The van der Waals surface area contributed by atoms with Gasteiger partial charge in [-0.25, -0.2) is 13.6 Å². The maximum Gasteiger partial charge on any atom is 0.405 e. The number of alkyl halides is 2. The lowest BCUT2D eigenvalue weighted by Gasteiger charge is -2.22. The van der Waals surface area contributed by atoms with Gasteiger partial charge in [-0.3, -0.25) is 0 Å². The molecule has 0 aromatic carbocycles. The number of amides is 1. The number of halogens is 2. The van der Waals surface area contributed by atoms with Crippen molar-refractivity contribution in [1.82, 2.24) is 5.32 Å². The van der Waals surface area contributed by atoms with E-state index >= 15 is 0 Å². The van der Waals surface area contributed by atoms with Crippen LogP contribution in [0.3, 0.4) is 0 Å². The molecule has 2 N–H and O–H groups in total. The van der Waals surface area contributed by atoms with E-state index in [1.54, 1.807) is 0 Å². The number of nitrogens with one attached hydrogen (secondary N) is 1. The number of carboxylic acid groups (broad SMARTS) is 1. The smallest absolute Gasteiger partial charge is 0.405 e. The molecule has 0 aromatic heterocycles. The molecule has 1 amide bonds. The Bertz CT molecular complexity index is 212. The van der Waals surface area contributed by atoms with Crippen LogP contribution in [0.25, 0.3) is 0 Å². The summed E-state index contributed by atoms with van der Waals surface area (Å²) >= 11 is 0. The Balaban J connectivity index is 4.27. The monoisotopic (exact) mass is 177 g/mol. The SMILES string of the molecule is C#CC(C)(CC(F)F)NC(=O)O. The second-order valence-electron chi connectivity index (χ2n) is 2.50. The van der Waals surface area contributed by atoms with Crippen LogP contribution in [0.5, 0.6) is 0 Å². The van der Waals surface area contributed by atoms with E-state index in [-0.39, 0.29) is 0 Å². The lowest BCUT2D eigenvalue weighted by Crippen LogP contribution is -2.45. The van der Waals surface area contributed by atoms with E-state index in [1.807, 2.05) is 11.2 Å². The lowest BCUT2D eigenvalue weighted by atomic mass is 10.00. The Morgan fingerprint density at radius 3 is 2.58 bits per heavy atom. The van der Waals surface area contributed by atoms with Crippen molar-refractivity contribution in [3.63, 3.8) is 0 Å². The summed E-state index contributed by atoms with van der Waals surface area (Å²) in [6.07, 6.45) is 0.176. The standard InChI is InChI=1S/C7H9F2NO2/c1-3-7(2,4-5(8)9)10-6(11)12/h1,5,10H,4H2,2H3,(H,11,12). The molecule has 0 bridgehead atoms. The molecule has 0 aliphatic carbocycles. The Labute approximate surface area is 68.8 Å². The maximum atomic E-state index is 11.8. The molecule has 0 rings (SSSR count). The fraction of sp³-hybridized carbons (Fsp3) is 0.571. The average molecular weight is 177 g/mol. The van der Waals surface area contributed by atoms with Gasteiger partial charge in [0, 0.05) is 6.42 Å². The highest BCUT2D eigenvalue weighted by Gasteiger charge is 2.27. The van der Waals surface area contributed by atoms with Crippen molar-refractivity contribution < 1.29 is 18.7 Å². The first-order valence-corrected chi connectivity index (χ1v) is 3.16. The van der Waals surface area contributed by atoms with Crippen LogP contribution in [0.4, 0.5) is 13.6 Å². The summed E-state index contributed by atoms with van der Waals surface area (Å²) in [6.45, 7) is 1.23. The average Bonchev–Trinajstić information content (AvgIpc) is 1.83. The van der Waals surface area contributed by atoms with E-state index in [0.29, 0.717) is 0 Å². The van der Waals surface area contributed by atoms with Crippen LogP contribution < -0.4 is 5.32 Å².